The summed E-state index contributed by atoms with van der Waals surface area (Å²) in [6.45, 7) is 2.63. The van der Waals surface area contributed by atoms with E-state index in [1.807, 2.05) is 25.1 Å². The summed E-state index contributed by atoms with van der Waals surface area (Å²) >= 11 is 0. The summed E-state index contributed by atoms with van der Waals surface area (Å²) in [5, 5.41) is 29.2. The second-order valence-corrected chi connectivity index (χ2v) is 4.96. The number of rotatable bonds is 7. The van der Waals surface area contributed by atoms with Crippen molar-refractivity contribution in [2.75, 3.05) is 19.8 Å². The summed E-state index contributed by atoms with van der Waals surface area (Å²) in [7, 11) is 0. The monoisotopic (exact) mass is 301 g/mol. The van der Waals surface area contributed by atoms with Crippen LogP contribution in [0.3, 0.4) is 0 Å². The number of hydrogen-bond donors (Lipinski definition) is 3. The first-order valence-corrected chi connectivity index (χ1v) is 7.41. The zero-order valence-electron chi connectivity index (χ0n) is 12.7. The van der Waals surface area contributed by atoms with Crippen LogP contribution >= 0.6 is 0 Å². The van der Waals surface area contributed by atoms with Gasteiger partial charge in [0.15, 0.2) is 0 Å². The number of ether oxygens (including phenoxy) is 1. The van der Waals surface area contributed by atoms with Gasteiger partial charge in [-0.1, -0.05) is 31.2 Å². The molecule has 1 radical (unpaired) electrons. The van der Waals surface area contributed by atoms with Crippen LogP contribution in [-0.2, 0) is 17.6 Å². The van der Waals surface area contributed by atoms with E-state index in [-0.39, 0.29) is 24.7 Å². The molecule has 2 aromatic rings. The highest BCUT2D eigenvalue weighted by Crippen LogP contribution is 2.39. The van der Waals surface area contributed by atoms with Gasteiger partial charge in [0.1, 0.15) is 11.5 Å². The lowest BCUT2D eigenvalue weighted by molar-refractivity contribution is 0.0943. The molecule has 2 aromatic carbocycles. The second kappa shape index (κ2) is 7.82. The Labute approximate surface area is 130 Å². The van der Waals surface area contributed by atoms with Gasteiger partial charge in [-0.3, -0.25) is 0 Å². The number of benzene rings is 2. The van der Waals surface area contributed by atoms with Crippen LogP contribution in [0.1, 0.15) is 18.1 Å². The maximum Gasteiger partial charge on any atom is 0.127 e. The molecule has 0 atom stereocenters. The molecule has 2 rings (SSSR count). The summed E-state index contributed by atoms with van der Waals surface area (Å²) in [6.07, 6.45) is 1.20. The number of aliphatic hydroxyl groups excluding tert-OH is 1. The molecule has 0 aliphatic heterocycles. The Balaban J connectivity index is 2.46. The van der Waals surface area contributed by atoms with Crippen LogP contribution < -0.4 is 0 Å². The molecular weight excluding hydrogens is 280 g/mol. The number of hydrogen-bond acceptors (Lipinski definition) is 4. The maximum atomic E-state index is 10.3. The van der Waals surface area contributed by atoms with Crippen LogP contribution in [0.15, 0.2) is 30.3 Å². The van der Waals surface area contributed by atoms with Crippen LogP contribution in [0.25, 0.3) is 11.1 Å². The van der Waals surface area contributed by atoms with Crippen LogP contribution in [0.5, 0.6) is 11.5 Å². The average molecular weight is 301 g/mol. The number of aromatic hydroxyl groups is 2. The van der Waals surface area contributed by atoms with Crippen LogP contribution in [0, 0.1) is 6.07 Å². The molecule has 0 saturated heterocycles. The highest BCUT2D eigenvalue weighted by molar-refractivity contribution is 5.76. The lowest BCUT2D eigenvalue weighted by atomic mass is 9.91. The van der Waals surface area contributed by atoms with Crippen LogP contribution in [0.4, 0.5) is 0 Å². The van der Waals surface area contributed by atoms with E-state index >= 15 is 0 Å². The molecule has 0 aliphatic rings. The van der Waals surface area contributed by atoms with Crippen LogP contribution in [0.2, 0.25) is 0 Å². The molecule has 4 heteroatoms. The van der Waals surface area contributed by atoms with E-state index in [9.17, 15) is 10.2 Å². The van der Waals surface area contributed by atoms with Gasteiger partial charge in [-0.05, 0) is 35.6 Å². The van der Waals surface area contributed by atoms with Crippen molar-refractivity contribution < 1.29 is 20.1 Å². The molecule has 0 unspecified atom stereocenters. The smallest absolute Gasteiger partial charge is 0.127 e. The Morgan fingerprint density at radius 3 is 2.55 bits per heavy atom. The Kier molecular flexibility index (Phi) is 5.81. The van der Waals surface area contributed by atoms with E-state index in [4.69, 9.17) is 9.84 Å². The Bertz CT molecular complexity index is 608. The topological polar surface area (TPSA) is 69.9 Å². The first-order chi connectivity index (χ1) is 10.7. The fourth-order valence-corrected chi connectivity index (χ4v) is 2.61. The molecule has 4 nitrogen and oxygen atoms in total. The normalized spacial score (nSPS) is 10.8. The van der Waals surface area contributed by atoms with Crippen molar-refractivity contribution >= 4 is 0 Å². The molecule has 0 saturated carbocycles. The number of aliphatic hydroxyl groups is 1. The molecule has 22 heavy (non-hydrogen) atoms. The second-order valence-electron chi connectivity index (χ2n) is 4.96. The quantitative estimate of drug-likeness (QED) is 0.688. The number of phenolic OH excluding ortho intramolecular Hbond substituents is 2. The lowest BCUT2D eigenvalue weighted by Crippen LogP contribution is -2.06. The Hall–Kier alpha value is -2.04. The van der Waals surface area contributed by atoms with Crippen molar-refractivity contribution in [1.29, 1.82) is 0 Å². The average Bonchev–Trinajstić information content (AvgIpc) is 2.52. The molecule has 0 fully saturated rings. The predicted octanol–water partition coefficient (Wildman–Crippen LogP) is 2.68. The van der Waals surface area contributed by atoms with Gasteiger partial charge in [-0.25, -0.2) is 0 Å². The van der Waals surface area contributed by atoms with Gasteiger partial charge in [0, 0.05) is 11.6 Å². The van der Waals surface area contributed by atoms with Gasteiger partial charge >= 0.3 is 0 Å². The van der Waals surface area contributed by atoms with E-state index in [1.54, 1.807) is 6.07 Å². The summed E-state index contributed by atoms with van der Waals surface area (Å²) in [4.78, 5) is 0. The van der Waals surface area contributed by atoms with Crippen molar-refractivity contribution in [2.24, 2.45) is 0 Å². The molecular formula is C18H21O4. The molecule has 0 aromatic heterocycles. The fraction of sp³-hybridized carbons (Fsp3) is 0.333. The molecule has 117 valence electrons. The van der Waals surface area contributed by atoms with E-state index < -0.39 is 0 Å². The standard InChI is InChI=1S/C18H21O4/c1-2-14-15(8-10-22-11-9-19)18(17(21)12-16(14)20)13-6-4-3-5-7-13/h3-6,12,19-21H,2,8-11H2,1H3. The van der Waals surface area contributed by atoms with E-state index in [2.05, 4.69) is 6.07 Å². The molecule has 0 aliphatic carbocycles. The number of phenols is 2. The Morgan fingerprint density at radius 1 is 1.09 bits per heavy atom. The first kappa shape index (κ1) is 16.3. The van der Waals surface area contributed by atoms with Crippen molar-refractivity contribution in [3.63, 3.8) is 0 Å². The maximum absolute atomic E-state index is 10.3. The van der Waals surface area contributed by atoms with Gasteiger partial charge in [0.2, 0.25) is 0 Å². The van der Waals surface area contributed by atoms with Gasteiger partial charge < -0.3 is 20.1 Å². The van der Waals surface area contributed by atoms with Crippen molar-refractivity contribution in [1.82, 2.24) is 0 Å². The largest absolute Gasteiger partial charge is 0.508 e. The minimum Gasteiger partial charge on any atom is -0.508 e. The lowest BCUT2D eigenvalue weighted by Gasteiger charge is -2.17. The molecule has 0 spiro atoms. The molecule has 0 bridgehead atoms. The van der Waals surface area contributed by atoms with E-state index in [1.165, 1.54) is 6.07 Å². The van der Waals surface area contributed by atoms with Crippen LogP contribution in [-0.4, -0.2) is 35.1 Å². The zero-order chi connectivity index (χ0) is 15.9. The third-order valence-corrected chi connectivity index (χ3v) is 3.57. The minimum atomic E-state index is -0.0226. The first-order valence-electron chi connectivity index (χ1n) is 7.41. The molecule has 0 amide bonds. The van der Waals surface area contributed by atoms with Gasteiger partial charge in [-0.15, -0.1) is 0 Å². The highest BCUT2D eigenvalue weighted by atomic mass is 16.5. The third-order valence-electron chi connectivity index (χ3n) is 3.57. The van der Waals surface area contributed by atoms with Gasteiger partial charge in [0.05, 0.1) is 19.8 Å². The summed E-state index contributed by atoms with van der Waals surface area (Å²) in [6, 6.07) is 11.9. The van der Waals surface area contributed by atoms with Gasteiger partial charge in [-0.2, -0.15) is 0 Å². The fourth-order valence-electron chi connectivity index (χ4n) is 2.61. The van der Waals surface area contributed by atoms with Crippen molar-refractivity contribution in [3.05, 3.63) is 47.5 Å². The summed E-state index contributed by atoms with van der Waals surface area (Å²) in [5.74, 6) is 0.131. The predicted molar refractivity (Wildman–Crippen MR) is 85.0 cm³/mol. The third kappa shape index (κ3) is 3.59. The van der Waals surface area contributed by atoms with Crippen molar-refractivity contribution in [3.8, 4) is 22.6 Å². The highest BCUT2D eigenvalue weighted by Gasteiger charge is 2.18. The van der Waals surface area contributed by atoms with Crippen molar-refractivity contribution in [2.45, 2.75) is 19.8 Å². The van der Waals surface area contributed by atoms with E-state index in [0.717, 1.165) is 16.7 Å². The zero-order valence-corrected chi connectivity index (χ0v) is 12.7. The minimum absolute atomic E-state index is 0.0226. The molecule has 3 N–H and O–H groups in total. The SMILES string of the molecule is CCc1c(O)cc(O)c(-c2[c]cccc2)c1CCOCCO. The summed E-state index contributed by atoms with van der Waals surface area (Å²) < 4.78 is 5.33. The van der Waals surface area contributed by atoms with Gasteiger partial charge in [0.25, 0.3) is 0 Å². The van der Waals surface area contributed by atoms with E-state index in [0.29, 0.717) is 25.0 Å². The molecule has 0 heterocycles. The summed E-state index contributed by atoms with van der Waals surface area (Å²) in [5.41, 5.74) is 3.13. The Morgan fingerprint density at radius 2 is 1.91 bits per heavy atom.